The lowest BCUT2D eigenvalue weighted by atomic mass is 9.95. The van der Waals surface area contributed by atoms with Crippen molar-refractivity contribution in [2.24, 2.45) is 5.41 Å². The van der Waals surface area contributed by atoms with E-state index in [-0.39, 0.29) is 5.41 Å². The molecule has 0 aromatic heterocycles. The van der Waals surface area contributed by atoms with Crippen LogP contribution >= 0.6 is 15.9 Å². The summed E-state index contributed by atoms with van der Waals surface area (Å²) < 4.78 is 0.994. The summed E-state index contributed by atoms with van der Waals surface area (Å²) in [6, 6.07) is 16.5. The molecule has 2 atom stereocenters. The van der Waals surface area contributed by atoms with Gasteiger partial charge in [-0.1, -0.05) is 52.3 Å². The lowest BCUT2D eigenvalue weighted by Crippen LogP contribution is -2.12. The summed E-state index contributed by atoms with van der Waals surface area (Å²) in [7, 11) is 0. The highest BCUT2D eigenvalue weighted by molar-refractivity contribution is 9.10. The molecule has 0 unspecified atom stereocenters. The normalized spacial score (nSPS) is 27.6. The van der Waals surface area contributed by atoms with Gasteiger partial charge in [0.1, 0.15) is 0 Å². The molecule has 2 aromatic rings. The summed E-state index contributed by atoms with van der Waals surface area (Å²) in [6.07, 6.45) is 1.91. The number of hydrogen-bond acceptors (Lipinski definition) is 1. The maximum Gasteiger partial charge on any atom is 0.170 e. The van der Waals surface area contributed by atoms with Crippen LogP contribution in [0.2, 0.25) is 0 Å². The lowest BCUT2D eigenvalue weighted by Gasteiger charge is -2.07. The molecule has 2 aliphatic rings. The smallest absolute Gasteiger partial charge is 0.170 e. The minimum absolute atomic E-state index is 0.134. The van der Waals surface area contributed by atoms with Crippen LogP contribution in [0.4, 0.5) is 0 Å². The van der Waals surface area contributed by atoms with Gasteiger partial charge in [-0.05, 0) is 42.0 Å². The quantitative estimate of drug-likeness (QED) is 0.764. The monoisotopic (exact) mass is 312 g/mol. The molecule has 0 N–H and O–H groups in total. The number of Topliss-reactive ketones (excluding diaryl/α,β-unsaturated/α-hetero) is 1. The third-order valence-electron chi connectivity index (χ3n) is 4.55. The second kappa shape index (κ2) is 3.80. The van der Waals surface area contributed by atoms with Gasteiger partial charge in [0.25, 0.3) is 0 Å². The maximum atomic E-state index is 12.7. The van der Waals surface area contributed by atoms with E-state index >= 15 is 0 Å². The molecule has 1 nitrogen and oxygen atoms in total. The summed E-state index contributed by atoms with van der Waals surface area (Å²) in [5.74, 6) is 0.755. The molecule has 0 bridgehead atoms. The minimum Gasteiger partial charge on any atom is -0.294 e. The topological polar surface area (TPSA) is 17.1 Å². The minimum atomic E-state index is -0.134. The number of ketones is 1. The number of hydrogen-bond donors (Lipinski definition) is 0. The molecule has 0 radical (unpaired) electrons. The number of carbonyl (C=O) groups excluding carboxylic acids is 1. The predicted octanol–water partition coefficient (Wildman–Crippen LogP) is 4.36. The Morgan fingerprint density at radius 1 is 1.11 bits per heavy atom. The fraction of sp³-hybridized carbons (Fsp3) is 0.235. The van der Waals surface area contributed by atoms with Gasteiger partial charge in [0.05, 0.1) is 0 Å². The maximum absolute atomic E-state index is 12.7. The highest BCUT2D eigenvalue weighted by Gasteiger charge is 2.63. The first-order valence-electron chi connectivity index (χ1n) is 6.59. The summed E-state index contributed by atoms with van der Waals surface area (Å²) >= 11 is 3.46. The SMILES string of the molecule is O=C1c2cc(Br)ccc2C[C@@]12C[C@H]2c1ccccc1. The summed E-state index contributed by atoms with van der Waals surface area (Å²) in [5.41, 5.74) is 3.31. The van der Waals surface area contributed by atoms with Crippen LogP contribution in [0, 0.1) is 5.41 Å². The highest BCUT2D eigenvalue weighted by atomic mass is 79.9. The third-order valence-corrected chi connectivity index (χ3v) is 5.05. The molecule has 2 heteroatoms. The van der Waals surface area contributed by atoms with E-state index in [1.54, 1.807) is 0 Å². The second-order valence-corrected chi connectivity index (χ2v) is 6.55. The first-order chi connectivity index (χ1) is 9.21. The van der Waals surface area contributed by atoms with Crippen LogP contribution in [0.1, 0.15) is 33.8 Å². The average molecular weight is 313 g/mol. The highest BCUT2D eigenvalue weighted by Crippen LogP contribution is 2.65. The van der Waals surface area contributed by atoms with Crippen molar-refractivity contribution in [2.75, 3.05) is 0 Å². The Morgan fingerprint density at radius 3 is 2.68 bits per heavy atom. The van der Waals surface area contributed by atoms with Gasteiger partial charge < -0.3 is 0 Å². The molecule has 4 rings (SSSR count). The molecule has 2 aromatic carbocycles. The van der Waals surface area contributed by atoms with Gasteiger partial charge in [-0.3, -0.25) is 4.79 Å². The van der Waals surface area contributed by atoms with Crippen molar-refractivity contribution in [3.8, 4) is 0 Å². The number of carbonyl (C=O) groups is 1. The molecule has 1 saturated carbocycles. The molecular weight excluding hydrogens is 300 g/mol. The first-order valence-corrected chi connectivity index (χ1v) is 7.38. The molecule has 1 spiro atoms. The number of rotatable bonds is 1. The molecule has 19 heavy (non-hydrogen) atoms. The van der Waals surface area contributed by atoms with Gasteiger partial charge in [0.15, 0.2) is 5.78 Å². The molecule has 1 fully saturated rings. The van der Waals surface area contributed by atoms with Gasteiger partial charge in [-0.25, -0.2) is 0 Å². The number of halogens is 1. The Hall–Kier alpha value is -1.41. The average Bonchev–Trinajstić information content (AvgIpc) is 3.10. The van der Waals surface area contributed by atoms with Crippen LogP contribution in [0.15, 0.2) is 53.0 Å². The predicted molar refractivity (Wildman–Crippen MR) is 78.4 cm³/mol. The first kappa shape index (κ1) is 11.4. The Bertz CT molecular complexity index is 677. The second-order valence-electron chi connectivity index (χ2n) is 5.63. The van der Waals surface area contributed by atoms with Crippen molar-refractivity contribution >= 4 is 21.7 Å². The van der Waals surface area contributed by atoms with Crippen LogP contribution in [-0.2, 0) is 6.42 Å². The fourth-order valence-electron chi connectivity index (χ4n) is 3.48. The van der Waals surface area contributed by atoms with E-state index in [0.717, 1.165) is 22.9 Å². The van der Waals surface area contributed by atoms with E-state index in [2.05, 4.69) is 46.3 Å². The van der Waals surface area contributed by atoms with Gasteiger partial charge in [0.2, 0.25) is 0 Å². The molecule has 0 aliphatic heterocycles. The van der Waals surface area contributed by atoms with Crippen molar-refractivity contribution in [1.29, 1.82) is 0 Å². The summed E-state index contributed by atoms with van der Waals surface area (Å²) in [6.45, 7) is 0. The Kier molecular flexibility index (Phi) is 2.28. The van der Waals surface area contributed by atoms with Gasteiger partial charge >= 0.3 is 0 Å². The van der Waals surface area contributed by atoms with E-state index in [4.69, 9.17) is 0 Å². The molecule has 0 saturated heterocycles. The zero-order chi connectivity index (χ0) is 13.0. The van der Waals surface area contributed by atoms with E-state index in [9.17, 15) is 4.79 Å². The summed E-state index contributed by atoms with van der Waals surface area (Å²) in [4.78, 5) is 12.7. The number of fused-ring (bicyclic) bond motifs is 1. The molecule has 0 amide bonds. The van der Waals surface area contributed by atoms with Crippen LogP contribution in [-0.4, -0.2) is 5.78 Å². The number of benzene rings is 2. The largest absolute Gasteiger partial charge is 0.294 e. The van der Waals surface area contributed by atoms with Crippen LogP contribution < -0.4 is 0 Å². The van der Waals surface area contributed by atoms with Crippen molar-refractivity contribution < 1.29 is 4.79 Å². The zero-order valence-corrected chi connectivity index (χ0v) is 12.0. The Balaban J connectivity index is 1.72. The van der Waals surface area contributed by atoms with Gasteiger partial charge in [0, 0.05) is 15.5 Å². The molecule has 2 aliphatic carbocycles. The molecular formula is C17H13BrO. The Labute approximate surface area is 120 Å². The van der Waals surface area contributed by atoms with E-state index < -0.39 is 0 Å². The van der Waals surface area contributed by atoms with Crippen molar-refractivity contribution in [3.05, 3.63) is 69.7 Å². The fourth-order valence-corrected chi connectivity index (χ4v) is 3.84. The van der Waals surface area contributed by atoms with Gasteiger partial charge in [-0.15, -0.1) is 0 Å². The van der Waals surface area contributed by atoms with Crippen molar-refractivity contribution in [2.45, 2.75) is 18.8 Å². The summed E-state index contributed by atoms with van der Waals surface area (Å²) in [5, 5.41) is 0. The van der Waals surface area contributed by atoms with E-state index in [1.807, 2.05) is 18.2 Å². The molecule has 0 heterocycles. The van der Waals surface area contributed by atoms with Gasteiger partial charge in [-0.2, -0.15) is 0 Å². The Morgan fingerprint density at radius 2 is 1.89 bits per heavy atom. The van der Waals surface area contributed by atoms with E-state index in [0.29, 0.717) is 11.7 Å². The van der Waals surface area contributed by atoms with Crippen LogP contribution in [0.3, 0.4) is 0 Å². The lowest BCUT2D eigenvalue weighted by molar-refractivity contribution is 0.0914. The third kappa shape index (κ3) is 1.56. The standard InChI is InChI=1S/C17H13BrO/c18-13-7-6-12-9-17(16(19)14(12)8-13)10-15(17)11-4-2-1-3-5-11/h1-8,15H,9-10H2/t15-,17-/m0/s1. The zero-order valence-electron chi connectivity index (χ0n) is 10.4. The van der Waals surface area contributed by atoms with E-state index in [1.165, 1.54) is 11.1 Å². The molecule has 94 valence electrons. The van der Waals surface area contributed by atoms with Crippen LogP contribution in [0.5, 0.6) is 0 Å². The van der Waals surface area contributed by atoms with Crippen molar-refractivity contribution in [1.82, 2.24) is 0 Å². The van der Waals surface area contributed by atoms with Crippen LogP contribution in [0.25, 0.3) is 0 Å². The van der Waals surface area contributed by atoms with Crippen molar-refractivity contribution in [3.63, 3.8) is 0 Å².